The Morgan fingerprint density at radius 2 is 1.95 bits per heavy atom. The highest BCUT2D eigenvalue weighted by atomic mass is 32.2. The van der Waals surface area contributed by atoms with Gasteiger partial charge in [-0.15, -0.1) is 11.8 Å². The summed E-state index contributed by atoms with van der Waals surface area (Å²) < 4.78 is 0. The Bertz CT molecular complexity index is 585. The lowest BCUT2D eigenvalue weighted by atomic mass is 10.0. The van der Waals surface area contributed by atoms with Crippen LogP contribution in [-0.2, 0) is 5.75 Å². The lowest BCUT2D eigenvalue weighted by Gasteiger charge is -2.13. The van der Waals surface area contributed by atoms with Crippen molar-refractivity contribution in [3.63, 3.8) is 0 Å². The Morgan fingerprint density at radius 3 is 2.55 bits per heavy atom. The predicted molar refractivity (Wildman–Crippen MR) is 86.0 cm³/mol. The van der Waals surface area contributed by atoms with Crippen LogP contribution in [0.5, 0.6) is 0 Å². The van der Waals surface area contributed by atoms with Crippen LogP contribution in [-0.4, -0.2) is 9.97 Å². The Labute approximate surface area is 125 Å². The van der Waals surface area contributed by atoms with Crippen LogP contribution in [0.3, 0.4) is 0 Å². The number of aryl methyl sites for hydroxylation is 2. The SMILES string of the molecule is Cc1cccc(SCc2nc(C)c(C(C)C)c(N)n2)c1. The van der Waals surface area contributed by atoms with Crippen molar-refractivity contribution in [3.8, 4) is 0 Å². The third-order valence-electron chi connectivity index (χ3n) is 3.15. The number of hydrogen-bond acceptors (Lipinski definition) is 4. The van der Waals surface area contributed by atoms with Crippen LogP contribution in [0, 0.1) is 13.8 Å². The van der Waals surface area contributed by atoms with E-state index in [1.807, 2.05) is 6.92 Å². The van der Waals surface area contributed by atoms with E-state index in [9.17, 15) is 0 Å². The summed E-state index contributed by atoms with van der Waals surface area (Å²) in [6.45, 7) is 8.33. The molecule has 0 aliphatic rings. The molecule has 1 aromatic carbocycles. The molecule has 2 rings (SSSR count). The number of nitrogens with zero attached hydrogens (tertiary/aromatic N) is 2. The number of anilines is 1. The molecule has 0 aliphatic heterocycles. The van der Waals surface area contributed by atoms with Crippen molar-refractivity contribution in [2.75, 3.05) is 5.73 Å². The van der Waals surface area contributed by atoms with Crippen molar-refractivity contribution in [2.45, 2.75) is 44.3 Å². The summed E-state index contributed by atoms with van der Waals surface area (Å²) in [4.78, 5) is 10.3. The van der Waals surface area contributed by atoms with Crippen LogP contribution in [0.25, 0.3) is 0 Å². The number of thioether (sulfide) groups is 1. The molecule has 2 N–H and O–H groups in total. The predicted octanol–water partition coefficient (Wildman–Crippen LogP) is 4.09. The van der Waals surface area contributed by atoms with Crippen molar-refractivity contribution < 1.29 is 0 Å². The van der Waals surface area contributed by atoms with Gasteiger partial charge in [0, 0.05) is 16.2 Å². The number of rotatable bonds is 4. The molecule has 1 heterocycles. The second kappa shape index (κ2) is 6.27. The summed E-state index contributed by atoms with van der Waals surface area (Å²) in [6.07, 6.45) is 0. The molecule has 0 amide bonds. The molecule has 1 aromatic heterocycles. The Morgan fingerprint density at radius 1 is 1.20 bits per heavy atom. The van der Waals surface area contributed by atoms with Crippen LogP contribution < -0.4 is 5.73 Å². The van der Waals surface area contributed by atoms with E-state index in [1.165, 1.54) is 10.5 Å². The lowest BCUT2D eigenvalue weighted by molar-refractivity contribution is 0.823. The molecule has 0 unspecified atom stereocenters. The summed E-state index contributed by atoms with van der Waals surface area (Å²) in [6, 6.07) is 8.44. The zero-order valence-corrected chi connectivity index (χ0v) is 13.3. The van der Waals surface area contributed by atoms with E-state index in [4.69, 9.17) is 5.73 Å². The number of nitrogens with two attached hydrogens (primary N) is 1. The molecule has 0 atom stereocenters. The molecule has 0 saturated heterocycles. The Kier molecular flexibility index (Phi) is 4.65. The van der Waals surface area contributed by atoms with E-state index in [1.54, 1.807) is 11.8 Å². The minimum atomic E-state index is 0.355. The van der Waals surface area contributed by atoms with Crippen molar-refractivity contribution in [2.24, 2.45) is 0 Å². The standard InChI is InChI=1S/C16H21N3S/c1-10(2)15-12(4)18-14(19-16(15)17)9-20-13-7-5-6-11(3)8-13/h5-8,10H,9H2,1-4H3,(H2,17,18,19). The van der Waals surface area contributed by atoms with Gasteiger partial charge in [-0.3, -0.25) is 0 Å². The highest BCUT2D eigenvalue weighted by molar-refractivity contribution is 7.98. The van der Waals surface area contributed by atoms with Crippen LogP contribution >= 0.6 is 11.8 Å². The zero-order chi connectivity index (χ0) is 14.7. The molecule has 0 aliphatic carbocycles. The second-order valence-corrected chi connectivity index (χ2v) is 6.33. The monoisotopic (exact) mass is 287 g/mol. The molecular weight excluding hydrogens is 266 g/mol. The molecule has 20 heavy (non-hydrogen) atoms. The number of benzene rings is 1. The van der Waals surface area contributed by atoms with E-state index >= 15 is 0 Å². The summed E-state index contributed by atoms with van der Waals surface area (Å²) in [5, 5.41) is 0. The largest absolute Gasteiger partial charge is 0.383 e. The maximum atomic E-state index is 6.06. The van der Waals surface area contributed by atoms with Crippen molar-refractivity contribution in [3.05, 3.63) is 46.9 Å². The van der Waals surface area contributed by atoms with Gasteiger partial charge in [0.1, 0.15) is 11.6 Å². The van der Waals surface area contributed by atoms with E-state index in [0.29, 0.717) is 11.7 Å². The molecule has 2 aromatic rings. The number of hydrogen-bond donors (Lipinski definition) is 1. The minimum absolute atomic E-state index is 0.355. The van der Waals surface area contributed by atoms with Gasteiger partial charge in [-0.05, 0) is 31.9 Å². The zero-order valence-electron chi connectivity index (χ0n) is 12.5. The average molecular weight is 287 g/mol. The van der Waals surface area contributed by atoms with Gasteiger partial charge < -0.3 is 5.73 Å². The van der Waals surface area contributed by atoms with Crippen LogP contribution in [0.15, 0.2) is 29.2 Å². The van der Waals surface area contributed by atoms with Crippen LogP contribution in [0.1, 0.15) is 42.4 Å². The summed E-state index contributed by atoms with van der Waals surface area (Å²) >= 11 is 1.74. The normalized spacial score (nSPS) is 11.1. The van der Waals surface area contributed by atoms with E-state index in [0.717, 1.165) is 22.8 Å². The summed E-state index contributed by atoms with van der Waals surface area (Å²) in [5.74, 6) is 2.52. The van der Waals surface area contributed by atoms with Crippen LogP contribution in [0.2, 0.25) is 0 Å². The fourth-order valence-corrected chi connectivity index (χ4v) is 3.16. The maximum absolute atomic E-state index is 6.06. The van der Waals surface area contributed by atoms with Crippen molar-refractivity contribution in [1.29, 1.82) is 0 Å². The number of nitrogen functional groups attached to an aromatic ring is 1. The third kappa shape index (κ3) is 3.51. The first-order valence-corrected chi connectivity index (χ1v) is 7.78. The molecule has 0 radical (unpaired) electrons. The van der Waals surface area contributed by atoms with Crippen LogP contribution in [0.4, 0.5) is 5.82 Å². The smallest absolute Gasteiger partial charge is 0.141 e. The molecule has 3 nitrogen and oxygen atoms in total. The average Bonchev–Trinajstić information content (AvgIpc) is 2.35. The lowest BCUT2D eigenvalue weighted by Crippen LogP contribution is -2.08. The van der Waals surface area contributed by atoms with E-state index < -0.39 is 0 Å². The van der Waals surface area contributed by atoms with Crippen molar-refractivity contribution in [1.82, 2.24) is 9.97 Å². The molecule has 4 heteroatoms. The van der Waals surface area contributed by atoms with E-state index in [2.05, 4.69) is 55.0 Å². The molecular formula is C16H21N3S. The van der Waals surface area contributed by atoms with Crippen molar-refractivity contribution >= 4 is 17.6 Å². The summed E-state index contributed by atoms with van der Waals surface area (Å²) in [7, 11) is 0. The fraction of sp³-hybridized carbons (Fsp3) is 0.375. The Hall–Kier alpha value is -1.55. The molecule has 0 saturated carbocycles. The highest BCUT2D eigenvalue weighted by Crippen LogP contribution is 2.26. The van der Waals surface area contributed by atoms with Gasteiger partial charge in [0.2, 0.25) is 0 Å². The van der Waals surface area contributed by atoms with Gasteiger partial charge >= 0.3 is 0 Å². The number of aromatic nitrogens is 2. The van der Waals surface area contributed by atoms with Gasteiger partial charge in [0.25, 0.3) is 0 Å². The van der Waals surface area contributed by atoms with Gasteiger partial charge in [0.15, 0.2) is 0 Å². The molecule has 106 valence electrons. The van der Waals surface area contributed by atoms with Gasteiger partial charge in [-0.1, -0.05) is 31.5 Å². The van der Waals surface area contributed by atoms with Gasteiger partial charge in [-0.25, -0.2) is 9.97 Å². The fourth-order valence-electron chi connectivity index (χ4n) is 2.29. The third-order valence-corrected chi connectivity index (χ3v) is 4.14. The quantitative estimate of drug-likeness (QED) is 0.860. The second-order valence-electron chi connectivity index (χ2n) is 5.28. The summed E-state index contributed by atoms with van der Waals surface area (Å²) in [5.41, 5.74) is 9.38. The highest BCUT2D eigenvalue weighted by Gasteiger charge is 2.12. The Balaban J connectivity index is 2.15. The first kappa shape index (κ1) is 14.9. The first-order valence-electron chi connectivity index (χ1n) is 6.79. The minimum Gasteiger partial charge on any atom is -0.383 e. The maximum Gasteiger partial charge on any atom is 0.141 e. The molecule has 0 bridgehead atoms. The first-order chi connectivity index (χ1) is 9.47. The molecule has 0 spiro atoms. The van der Waals surface area contributed by atoms with E-state index in [-0.39, 0.29) is 0 Å². The van der Waals surface area contributed by atoms with Gasteiger partial charge in [-0.2, -0.15) is 0 Å². The molecule has 0 fully saturated rings. The van der Waals surface area contributed by atoms with Gasteiger partial charge in [0.05, 0.1) is 5.75 Å². The topological polar surface area (TPSA) is 51.8 Å².